The smallest absolute Gasteiger partial charge is 0.222 e. The van der Waals surface area contributed by atoms with Gasteiger partial charge in [0.1, 0.15) is 0 Å². The summed E-state index contributed by atoms with van der Waals surface area (Å²) in [5, 5.41) is 3.56. The summed E-state index contributed by atoms with van der Waals surface area (Å²) in [7, 11) is 0. The highest BCUT2D eigenvalue weighted by molar-refractivity contribution is 5.78. The molecule has 18 heavy (non-hydrogen) atoms. The molecule has 2 rings (SSSR count). The van der Waals surface area contributed by atoms with E-state index in [9.17, 15) is 4.79 Å². The van der Waals surface area contributed by atoms with Gasteiger partial charge in [-0.2, -0.15) is 0 Å². The number of azide groups is 1. The van der Waals surface area contributed by atoms with E-state index in [1.165, 1.54) is 31.3 Å². The van der Waals surface area contributed by atoms with Gasteiger partial charge in [0.05, 0.1) is 0 Å². The maximum atomic E-state index is 11.8. The molecule has 0 aromatic heterocycles. The molecule has 0 aromatic carbocycles. The van der Waals surface area contributed by atoms with Crippen molar-refractivity contribution in [2.45, 2.75) is 38.5 Å². The Morgan fingerprint density at radius 1 is 1.50 bits per heavy atom. The van der Waals surface area contributed by atoms with Gasteiger partial charge >= 0.3 is 0 Å². The number of amides is 1. The lowest BCUT2D eigenvalue weighted by molar-refractivity contribution is -0.127. The van der Waals surface area contributed by atoms with Gasteiger partial charge in [0, 0.05) is 31.0 Å². The molecular formula is C13H20N4O. The number of likely N-dealkylation sites (tertiary alicyclic amines) is 1. The SMILES string of the molecule is [N-]=[N+]=NCC1CC(=O)N(CCC2=CCCCC2)C1. The van der Waals surface area contributed by atoms with Gasteiger partial charge in [0.25, 0.3) is 0 Å². The molecule has 0 radical (unpaired) electrons. The van der Waals surface area contributed by atoms with Gasteiger partial charge < -0.3 is 4.90 Å². The van der Waals surface area contributed by atoms with Crippen LogP contribution in [0.5, 0.6) is 0 Å². The average Bonchev–Trinajstić information content (AvgIpc) is 2.76. The molecule has 0 spiro atoms. The fourth-order valence-electron chi connectivity index (χ4n) is 2.75. The highest BCUT2D eigenvalue weighted by atomic mass is 16.2. The molecule has 1 atom stereocenters. The van der Waals surface area contributed by atoms with Crippen molar-refractivity contribution in [2.24, 2.45) is 11.0 Å². The summed E-state index contributed by atoms with van der Waals surface area (Å²) in [5.74, 6) is 0.429. The van der Waals surface area contributed by atoms with E-state index in [0.29, 0.717) is 13.0 Å². The van der Waals surface area contributed by atoms with E-state index in [1.54, 1.807) is 0 Å². The Bertz CT molecular complexity index is 384. The summed E-state index contributed by atoms with van der Waals surface area (Å²) in [6.07, 6.45) is 8.88. The third kappa shape index (κ3) is 3.50. The third-order valence-electron chi connectivity index (χ3n) is 3.79. The lowest BCUT2D eigenvalue weighted by Crippen LogP contribution is -2.27. The summed E-state index contributed by atoms with van der Waals surface area (Å²) < 4.78 is 0. The largest absolute Gasteiger partial charge is 0.342 e. The number of rotatable bonds is 5. The van der Waals surface area contributed by atoms with Crippen molar-refractivity contribution in [1.29, 1.82) is 0 Å². The van der Waals surface area contributed by atoms with Crippen LogP contribution in [-0.4, -0.2) is 30.4 Å². The van der Waals surface area contributed by atoms with Crippen LogP contribution in [-0.2, 0) is 4.79 Å². The van der Waals surface area contributed by atoms with Crippen LogP contribution in [0, 0.1) is 5.92 Å². The van der Waals surface area contributed by atoms with Crippen LogP contribution in [0.1, 0.15) is 38.5 Å². The summed E-state index contributed by atoms with van der Waals surface area (Å²) in [5.41, 5.74) is 9.79. The Hall–Kier alpha value is -1.48. The topological polar surface area (TPSA) is 69.1 Å². The van der Waals surface area contributed by atoms with Gasteiger partial charge in [-0.1, -0.05) is 16.8 Å². The molecule has 5 nitrogen and oxygen atoms in total. The first-order valence-corrected chi connectivity index (χ1v) is 6.76. The van der Waals surface area contributed by atoms with E-state index in [0.717, 1.165) is 19.5 Å². The third-order valence-corrected chi connectivity index (χ3v) is 3.79. The second-order valence-electron chi connectivity index (χ2n) is 5.18. The minimum absolute atomic E-state index is 0.213. The van der Waals surface area contributed by atoms with Crippen LogP contribution in [0.15, 0.2) is 16.8 Å². The minimum atomic E-state index is 0.213. The predicted octanol–water partition coefficient (Wildman–Crippen LogP) is 3.04. The van der Waals surface area contributed by atoms with Gasteiger partial charge in [-0.05, 0) is 43.6 Å². The van der Waals surface area contributed by atoms with E-state index >= 15 is 0 Å². The standard InChI is InChI=1S/C13H20N4O/c14-16-15-9-12-8-13(18)17(10-12)7-6-11-4-2-1-3-5-11/h4,12H,1-3,5-10H2. The molecule has 0 N–H and O–H groups in total. The Kier molecular flexibility index (Phi) is 4.65. The van der Waals surface area contributed by atoms with Crippen LogP contribution < -0.4 is 0 Å². The zero-order valence-electron chi connectivity index (χ0n) is 10.7. The molecule has 1 heterocycles. The Balaban J connectivity index is 1.77. The maximum Gasteiger partial charge on any atom is 0.222 e. The number of allylic oxidation sites excluding steroid dienone is 1. The highest BCUT2D eigenvalue weighted by Gasteiger charge is 2.28. The predicted molar refractivity (Wildman–Crippen MR) is 69.9 cm³/mol. The summed E-state index contributed by atoms with van der Waals surface area (Å²) >= 11 is 0. The summed E-state index contributed by atoms with van der Waals surface area (Å²) in [6, 6.07) is 0. The Labute approximate surface area is 107 Å². The Morgan fingerprint density at radius 2 is 2.39 bits per heavy atom. The molecule has 2 aliphatic rings. The molecule has 98 valence electrons. The molecule has 5 heteroatoms. The van der Waals surface area contributed by atoms with Crippen molar-refractivity contribution in [3.05, 3.63) is 22.1 Å². The van der Waals surface area contributed by atoms with Crippen LogP contribution in [0.2, 0.25) is 0 Å². The lowest BCUT2D eigenvalue weighted by atomic mass is 9.97. The van der Waals surface area contributed by atoms with Crippen molar-refractivity contribution in [3.63, 3.8) is 0 Å². The van der Waals surface area contributed by atoms with Crippen LogP contribution >= 0.6 is 0 Å². The summed E-state index contributed by atoms with van der Waals surface area (Å²) in [6.45, 7) is 2.03. The molecule has 0 bridgehead atoms. The van der Waals surface area contributed by atoms with Crippen LogP contribution in [0.3, 0.4) is 0 Å². The minimum Gasteiger partial charge on any atom is -0.342 e. The molecule has 0 aromatic rings. The number of carbonyl (C=O) groups excluding carboxylic acids is 1. The van der Waals surface area contributed by atoms with Gasteiger partial charge in [0.2, 0.25) is 5.91 Å². The van der Waals surface area contributed by atoms with Crippen LogP contribution in [0.4, 0.5) is 0 Å². The zero-order valence-corrected chi connectivity index (χ0v) is 10.7. The number of hydrogen-bond donors (Lipinski definition) is 0. The first kappa shape index (κ1) is 13.0. The first-order valence-electron chi connectivity index (χ1n) is 6.76. The highest BCUT2D eigenvalue weighted by Crippen LogP contribution is 2.23. The molecule has 1 aliphatic heterocycles. The number of carbonyl (C=O) groups is 1. The van der Waals surface area contributed by atoms with E-state index in [2.05, 4.69) is 16.1 Å². The fourth-order valence-corrected chi connectivity index (χ4v) is 2.75. The van der Waals surface area contributed by atoms with Gasteiger partial charge in [-0.15, -0.1) is 0 Å². The molecule has 1 unspecified atom stereocenters. The van der Waals surface area contributed by atoms with Crippen molar-refractivity contribution >= 4 is 5.91 Å². The molecule has 1 fully saturated rings. The van der Waals surface area contributed by atoms with Gasteiger partial charge in [-0.3, -0.25) is 4.79 Å². The monoisotopic (exact) mass is 248 g/mol. The van der Waals surface area contributed by atoms with Gasteiger partial charge in [-0.25, -0.2) is 0 Å². The summed E-state index contributed by atoms with van der Waals surface area (Å²) in [4.78, 5) is 16.5. The second-order valence-corrected chi connectivity index (χ2v) is 5.18. The fraction of sp³-hybridized carbons (Fsp3) is 0.769. The maximum absolute atomic E-state index is 11.8. The van der Waals surface area contributed by atoms with Crippen LogP contribution in [0.25, 0.3) is 10.4 Å². The molecule has 1 amide bonds. The van der Waals surface area contributed by atoms with Crippen molar-refractivity contribution < 1.29 is 4.79 Å². The van der Waals surface area contributed by atoms with E-state index < -0.39 is 0 Å². The normalized spacial score (nSPS) is 23.8. The van der Waals surface area contributed by atoms with E-state index in [4.69, 9.17) is 5.53 Å². The molecule has 0 saturated carbocycles. The molecular weight excluding hydrogens is 228 g/mol. The quantitative estimate of drug-likeness (QED) is 0.319. The van der Waals surface area contributed by atoms with E-state index in [-0.39, 0.29) is 11.8 Å². The number of nitrogens with zero attached hydrogens (tertiary/aromatic N) is 4. The zero-order chi connectivity index (χ0) is 12.8. The van der Waals surface area contributed by atoms with Crippen molar-refractivity contribution in [3.8, 4) is 0 Å². The average molecular weight is 248 g/mol. The van der Waals surface area contributed by atoms with Crippen molar-refractivity contribution in [2.75, 3.05) is 19.6 Å². The lowest BCUT2D eigenvalue weighted by Gasteiger charge is -2.19. The van der Waals surface area contributed by atoms with Crippen molar-refractivity contribution in [1.82, 2.24) is 4.90 Å². The molecule has 1 saturated heterocycles. The van der Waals surface area contributed by atoms with E-state index in [1.807, 2.05) is 4.90 Å². The first-order chi connectivity index (χ1) is 8.79. The second kappa shape index (κ2) is 6.45. The Morgan fingerprint density at radius 3 is 3.11 bits per heavy atom. The number of hydrogen-bond acceptors (Lipinski definition) is 2. The van der Waals surface area contributed by atoms with Gasteiger partial charge in [0.15, 0.2) is 0 Å². The molecule has 1 aliphatic carbocycles.